The van der Waals surface area contributed by atoms with Crippen LogP contribution in [0.2, 0.25) is 0 Å². The number of methoxy groups -OCH3 is 1. The van der Waals surface area contributed by atoms with E-state index in [0.29, 0.717) is 23.6 Å². The molecule has 2 amide bonds. The summed E-state index contributed by atoms with van der Waals surface area (Å²) in [5.41, 5.74) is 0.00908. The maximum Gasteiger partial charge on any atom is 0.310 e. The van der Waals surface area contributed by atoms with Gasteiger partial charge in [0.15, 0.2) is 17.2 Å². The molecule has 3 rings (SSSR count). The van der Waals surface area contributed by atoms with Gasteiger partial charge >= 0.3 is 11.7 Å². The summed E-state index contributed by atoms with van der Waals surface area (Å²) in [6.45, 7) is 4.19. The number of hydrogen-bond donors (Lipinski definition) is 2. The zero-order chi connectivity index (χ0) is 27.3. The third-order valence-corrected chi connectivity index (χ3v) is 5.77. The SMILES string of the molecule is COC(=O)C[C@H](NC(=O)[C@@H](C(=O)N(C)CC(C)C)c1ccc([N+](=O)[O-])c(O)c1)c1ccc2c(c1)OCO2. The normalized spacial score (nSPS) is 13.5. The molecule has 12 heteroatoms. The van der Waals surface area contributed by atoms with Crippen molar-refractivity contribution >= 4 is 23.5 Å². The molecule has 2 atom stereocenters. The van der Waals surface area contributed by atoms with E-state index in [4.69, 9.17) is 14.2 Å². The van der Waals surface area contributed by atoms with Crippen LogP contribution in [0.1, 0.15) is 43.4 Å². The number of ether oxygens (including phenoxy) is 3. The molecule has 0 fully saturated rings. The van der Waals surface area contributed by atoms with E-state index in [-0.39, 0.29) is 24.7 Å². The molecule has 37 heavy (non-hydrogen) atoms. The fraction of sp³-hybridized carbons (Fsp3) is 0.400. The Morgan fingerprint density at radius 1 is 1.14 bits per heavy atom. The Bertz CT molecular complexity index is 1200. The number of nitro benzene ring substituents is 1. The lowest BCUT2D eigenvalue weighted by Gasteiger charge is -2.27. The minimum atomic E-state index is -1.45. The number of hydrogen-bond acceptors (Lipinski definition) is 9. The highest BCUT2D eigenvalue weighted by atomic mass is 16.7. The molecule has 12 nitrogen and oxygen atoms in total. The van der Waals surface area contributed by atoms with Crippen molar-refractivity contribution in [1.82, 2.24) is 10.2 Å². The Morgan fingerprint density at radius 2 is 1.81 bits per heavy atom. The van der Waals surface area contributed by atoms with Gasteiger partial charge in [-0.1, -0.05) is 26.0 Å². The van der Waals surface area contributed by atoms with Crippen molar-refractivity contribution < 1.29 is 38.6 Å². The third kappa shape index (κ3) is 6.46. The fourth-order valence-corrected chi connectivity index (χ4v) is 4.03. The number of nitrogens with one attached hydrogen (secondary N) is 1. The highest BCUT2D eigenvalue weighted by Gasteiger charge is 2.35. The largest absolute Gasteiger partial charge is 0.502 e. The average molecular weight is 516 g/mol. The molecule has 198 valence electrons. The molecule has 2 aromatic carbocycles. The van der Waals surface area contributed by atoms with Gasteiger partial charge in [-0.05, 0) is 35.2 Å². The van der Waals surface area contributed by atoms with E-state index in [9.17, 15) is 29.6 Å². The van der Waals surface area contributed by atoms with E-state index in [1.807, 2.05) is 13.8 Å². The van der Waals surface area contributed by atoms with Crippen molar-refractivity contribution in [2.75, 3.05) is 27.5 Å². The maximum absolute atomic E-state index is 13.6. The van der Waals surface area contributed by atoms with Gasteiger partial charge in [0, 0.05) is 19.7 Å². The summed E-state index contributed by atoms with van der Waals surface area (Å²) < 4.78 is 15.5. The van der Waals surface area contributed by atoms with Gasteiger partial charge in [0.2, 0.25) is 18.6 Å². The van der Waals surface area contributed by atoms with Crippen LogP contribution in [-0.2, 0) is 19.1 Å². The van der Waals surface area contributed by atoms with Crippen LogP contribution >= 0.6 is 0 Å². The number of amides is 2. The molecule has 1 heterocycles. The van der Waals surface area contributed by atoms with Gasteiger partial charge in [-0.25, -0.2) is 0 Å². The molecule has 0 spiro atoms. The lowest BCUT2D eigenvalue weighted by molar-refractivity contribution is -0.385. The van der Waals surface area contributed by atoms with Crippen LogP contribution in [0.4, 0.5) is 5.69 Å². The van der Waals surface area contributed by atoms with Crippen LogP contribution in [0.5, 0.6) is 17.2 Å². The Hall–Kier alpha value is -4.35. The van der Waals surface area contributed by atoms with Crippen molar-refractivity contribution in [3.8, 4) is 17.2 Å². The zero-order valence-corrected chi connectivity index (χ0v) is 20.9. The number of fused-ring (bicyclic) bond motifs is 1. The quantitative estimate of drug-likeness (QED) is 0.210. The number of esters is 1. The number of aromatic hydroxyl groups is 1. The molecule has 0 aromatic heterocycles. The molecule has 0 aliphatic carbocycles. The Balaban J connectivity index is 1.99. The second kappa shape index (κ2) is 11.6. The number of carbonyl (C=O) groups excluding carboxylic acids is 3. The lowest BCUT2D eigenvalue weighted by Crippen LogP contribution is -2.43. The molecule has 0 radical (unpaired) electrons. The van der Waals surface area contributed by atoms with E-state index >= 15 is 0 Å². The van der Waals surface area contributed by atoms with Crippen LogP contribution in [0.3, 0.4) is 0 Å². The summed E-state index contributed by atoms with van der Waals surface area (Å²) >= 11 is 0. The van der Waals surface area contributed by atoms with Crippen LogP contribution in [-0.4, -0.2) is 60.2 Å². The molecule has 1 aliphatic rings. The van der Waals surface area contributed by atoms with E-state index < -0.39 is 46.1 Å². The highest BCUT2D eigenvalue weighted by Crippen LogP contribution is 2.36. The smallest absolute Gasteiger partial charge is 0.310 e. The van der Waals surface area contributed by atoms with Gasteiger partial charge in [0.1, 0.15) is 5.92 Å². The first-order chi connectivity index (χ1) is 17.5. The van der Waals surface area contributed by atoms with Crippen molar-refractivity contribution in [1.29, 1.82) is 0 Å². The van der Waals surface area contributed by atoms with Gasteiger partial charge in [-0.2, -0.15) is 0 Å². The molecule has 0 unspecified atom stereocenters. The van der Waals surface area contributed by atoms with Crippen molar-refractivity contribution in [3.05, 3.63) is 57.6 Å². The monoisotopic (exact) mass is 515 g/mol. The number of nitrogens with zero attached hydrogens (tertiary/aromatic N) is 2. The second-order valence-electron chi connectivity index (χ2n) is 9.01. The summed E-state index contributed by atoms with van der Waals surface area (Å²) in [4.78, 5) is 50.9. The Morgan fingerprint density at radius 3 is 2.43 bits per heavy atom. The molecular weight excluding hydrogens is 486 g/mol. The molecule has 2 aromatic rings. The van der Waals surface area contributed by atoms with E-state index in [0.717, 1.165) is 12.1 Å². The number of rotatable bonds is 10. The predicted molar refractivity (Wildman–Crippen MR) is 130 cm³/mol. The van der Waals surface area contributed by atoms with Gasteiger partial charge in [-0.15, -0.1) is 0 Å². The zero-order valence-electron chi connectivity index (χ0n) is 20.9. The van der Waals surface area contributed by atoms with E-state index in [2.05, 4.69) is 5.32 Å². The lowest BCUT2D eigenvalue weighted by atomic mass is 9.94. The molecule has 1 aliphatic heterocycles. The van der Waals surface area contributed by atoms with Crippen LogP contribution in [0, 0.1) is 16.0 Å². The van der Waals surface area contributed by atoms with Gasteiger partial charge in [0.05, 0.1) is 24.5 Å². The third-order valence-electron chi connectivity index (χ3n) is 5.77. The number of carbonyl (C=O) groups is 3. The maximum atomic E-state index is 13.6. The second-order valence-corrected chi connectivity index (χ2v) is 9.01. The number of likely N-dealkylation sites (N-methyl/N-ethyl adjacent to an activating group) is 1. The standard InChI is InChI=1S/C25H29N3O9/c1-14(2)12-27(3)25(32)23(16-5-7-18(28(33)34)19(29)9-16)24(31)26-17(11-22(30)35-4)15-6-8-20-21(10-15)37-13-36-20/h5-10,14,17,23,29H,11-13H2,1-4H3,(H,26,31)/t17-,23-/m0/s1. The Kier molecular flexibility index (Phi) is 8.53. The van der Waals surface area contributed by atoms with Crippen molar-refractivity contribution in [2.45, 2.75) is 32.2 Å². The van der Waals surface area contributed by atoms with E-state index in [1.165, 1.54) is 25.1 Å². The van der Waals surface area contributed by atoms with Crippen molar-refractivity contribution in [2.24, 2.45) is 5.92 Å². The van der Waals surface area contributed by atoms with Gasteiger partial charge in [-0.3, -0.25) is 24.5 Å². The molecule has 0 saturated carbocycles. The van der Waals surface area contributed by atoms with Gasteiger partial charge in [0.25, 0.3) is 0 Å². The number of phenolic OH excluding ortho intramolecular Hbond substituents is 1. The molecular formula is C25H29N3O9. The number of nitro groups is 1. The Labute approximate surface area is 213 Å². The predicted octanol–water partition coefficient (Wildman–Crippen LogP) is 2.65. The minimum absolute atomic E-state index is 0.0369. The number of benzene rings is 2. The first kappa shape index (κ1) is 27.2. The average Bonchev–Trinajstić information content (AvgIpc) is 3.31. The van der Waals surface area contributed by atoms with Gasteiger partial charge < -0.3 is 29.5 Å². The van der Waals surface area contributed by atoms with Crippen molar-refractivity contribution in [3.63, 3.8) is 0 Å². The fourth-order valence-electron chi connectivity index (χ4n) is 4.03. The van der Waals surface area contributed by atoms with Crippen LogP contribution < -0.4 is 14.8 Å². The topological polar surface area (TPSA) is 158 Å². The highest BCUT2D eigenvalue weighted by molar-refractivity contribution is 6.06. The van der Waals surface area contributed by atoms with Crippen LogP contribution in [0.15, 0.2) is 36.4 Å². The molecule has 0 saturated heterocycles. The number of phenols is 1. The molecule has 2 N–H and O–H groups in total. The minimum Gasteiger partial charge on any atom is -0.502 e. The summed E-state index contributed by atoms with van der Waals surface area (Å²) in [6.07, 6.45) is -0.240. The van der Waals surface area contributed by atoms with Crippen LogP contribution in [0.25, 0.3) is 0 Å². The first-order valence-corrected chi connectivity index (χ1v) is 11.5. The summed E-state index contributed by atoms with van der Waals surface area (Å²) in [6, 6.07) is 7.33. The summed E-state index contributed by atoms with van der Waals surface area (Å²) in [5, 5.41) is 24.1. The first-order valence-electron chi connectivity index (χ1n) is 11.5. The molecule has 0 bridgehead atoms. The van der Waals surface area contributed by atoms with E-state index in [1.54, 1.807) is 18.2 Å². The summed E-state index contributed by atoms with van der Waals surface area (Å²) in [5.74, 6) is -3.03. The summed E-state index contributed by atoms with van der Waals surface area (Å²) in [7, 11) is 2.76.